The van der Waals surface area contributed by atoms with Crippen LogP contribution in [0.15, 0.2) is 42.6 Å². The summed E-state index contributed by atoms with van der Waals surface area (Å²) < 4.78 is 0. The Morgan fingerprint density at radius 1 is 1.19 bits per heavy atom. The van der Waals surface area contributed by atoms with Crippen LogP contribution in [-0.2, 0) is 0 Å². The van der Waals surface area contributed by atoms with E-state index in [1.165, 1.54) is 0 Å². The Kier molecular flexibility index (Phi) is 3.45. The number of anilines is 3. The summed E-state index contributed by atoms with van der Waals surface area (Å²) in [5, 5.41) is 0. The first-order chi connectivity index (χ1) is 10.2. The number of para-hydroxylation sites is 2. The monoisotopic (exact) mass is 283 g/mol. The van der Waals surface area contributed by atoms with Crippen LogP contribution in [0.1, 0.15) is 10.4 Å². The molecule has 1 aromatic heterocycles. The molecule has 0 radical (unpaired) electrons. The molecule has 108 valence electrons. The second kappa shape index (κ2) is 5.41. The zero-order valence-electron chi connectivity index (χ0n) is 11.8. The number of rotatable bonds is 2. The Balaban J connectivity index is 2.01. The summed E-state index contributed by atoms with van der Waals surface area (Å²) >= 11 is 0. The first-order valence-corrected chi connectivity index (χ1v) is 6.76. The fraction of sp³-hybridized carbons (Fsp3) is 0.200. The van der Waals surface area contributed by atoms with Gasteiger partial charge in [0.05, 0.1) is 16.9 Å². The molecule has 0 bridgehead atoms. The number of pyridine rings is 1. The summed E-state index contributed by atoms with van der Waals surface area (Å²) in [5.41, 5.74) is 4.90. The summed E-state index contributed by atoms with van der Waals surface area (Å²) in [4.78, 5) is 20.8. The molecular formula is C15H17N5O. The number of nitrogens with zero attached hydrogens (tertiary/aromatic N) is 3. The molecular weight excluding hydrogens is 266 g/mol. The number of nitrogens with one attached hydrogen (secondary N) is 1. The number of nitrogens with two attached hydrogens (primary N) is 1. The van der Waals surface area contributed by atoms with E-state index < -0.39 is 0 Å². The first-order valence-electron chi connectivity index (χ1n) is 6.76. The minimum atomic E-state index is -0.100. The van der Waals surface area contributed by atoms with E-state index in [4.69, 9.17) is 5.84 Å². The van der Waals surface area contributed by atoms with Crippen molar-refractivity contribution in [3.8, 4) is 0 Å². The van der Waals surface area contributed by atoms with E-state index in [0.29, 0.717) is 17.9 Å². The molecule has 0 aliphatic carbocycles. The van der Waals surface area contributed by atoms with E-state index in [0.717, 1.165) is 17.9 Å². The lowest BCUT2D eigenvalue weighted by atomic mass is 10.1. The van der Waals surface area contributed by atoms with Gasteiger partial charge in [0.2, 0.25) is 0 Å². The number of aromatic nitrogens is 1. The van der Waals surface area contributed by atoms with Gasteiger partial charge in [0.15, 0.2) is 5.82 Å². The molecule has 1 aliphatic heterocycles. The van der Waals surface area contributed by atoms with Crippen LogP contribution in [0.4, 0.5) is 17.2 Å². The van der Waals surface area contributed by atoms with Crippen molar-refractivity contribution >= 4 is 23.1 Å². The summed E-state index contributed by atoms with van der Waals surface area (Å²) in [5.74, 6) is 5.73. The fourth-order valence-corrected chi connectivity index (χ4v) is 2.56. The molecule has 1 aliphatic rings. The number of likely N-dealkylation sites (N-methyl/N-ethyl adjacent to an activating group) is 1. The van der Waals surface area contributed by atoms with Crippen LogP contribution in [0, 0.1) is 0 Å². The molecule has 0 atom stereocenters. The number of fused-ring (bicyclic) bond motifs is 1. The first kappa shape index (κ1) is 13.4. The predicted molar refractivity (Wildman–Crippen MR) is 83.4 cm³/mol. The number of amides is 1. The molecule has 0 unspecified atom stereocenters. The number of benzene rings is 1. The van der Waals surface area contributed by atoms with E-state index in [1.807, 2.05) is 31.3 Å². The second-order valence-electron chi connectivity index (χ2n) is 4.91. The third-order valence-electron chi connectivity index (χ3n) is 3.66. The third-order valence-corrected chi connectivity index (χ3v) is 3.66. The number of hydrogen-bond acceptors (Lipinski definition) is 5. The largest absolute Gasteiger partial charge is 0.371 e. The molecule has 2 heterocycles. The summed E-state index contributed by atoms with van der Waals surface area (Å²) in [6.07, 6.45) is 1.60. The number of hydrazine groups is 1. The van der Waals surface area contributed by atoms with Gasteiger partial charge in [-0.15, -0.1) is 0 Å². The van der Waals surface area contributed by atoms with Gasteiger partial charge in [0, 0.05) is 26.3 Å². The van der Waals surface area contributed by atoms with Gasteiger partial charge in [-0.2, -0.15) is 0 Å². The van der Waals surface area contributed by atoms with Gasteiger partial charge in [-0.1, -0.05) is 12.1 Å². The molecule has 21 heavy (non-hydrogen) atoms. The van der Waals surface area contributed by atoms with Gasteiger partial charge < -0.3 is 15.2 Å². The molecule has 0 saturated heterocycles. The SMILES string of the molecule is CN1CCN(C(=O)c2cccnc2NN)c2ccccc21. The lowest BCUT2D eigenvalue weighted by Gasteiger charge is -2.35. The number of carbonyl (C=O) groups excluding carboxylic acids is 1. The average molecular weight is 283 g/mol. The van der Waals surface area contributed by atoms with Crippen LogP contribution in [-0.4, -0.2) is 31.0 Å². The van der Waals surface area contributed by atoms with Crippen LogP contribution < -0.4 is 21.1 Å². The summed E-state index contributed by atoms with van der Waals surface area (Å²) in [6.45, 7) is 1.42. The van der Waals surface area contributed by atoms with Gasteiger partial charge in [-0.3, -0.25) is 4.79 Å². The van der Waals surface area contributed by atoms with Gasteiger partial charge >= 0.3 is 0 Å². The van der Waals surface area contributed by atoms with Crippen molar-refractivity contribution < 1.29 is 4.79 Å². The third kappa shape index (κ3) is 2.30. The Labute approximate surface area is 123 Å². The highest BCUT2D eigenvalue weighted by Crippen LogP contribution is 2.33. The Bertz CT molecular complexity index is 673. The van der Waals surface area contributed by atoms with Crippen molar-refractivity contribution in [3.05, 3.63) is 48.2 Å². The number of nitrogen functional groups attached to an aromatic ring is 1. The lowest BCUT2D eigenvalue weighted by Crippen LogP contribution is -2.43. The van der Waals surface area contributed by atoms with E-state index in [-0.39, 0.29) is 5.91 Å². The van der Waals surface area contributed by atoms with Gasteiger partial charge in [0.25, 0.3) is 5.91 Å². The van der Waals surface area contributed by atoms with Crippen LogP contribution in [0.5, 0.6) is 0 Å². The van der Waals surface area contributed by atoms with Crippen LogP contribution in [0.2, 0.25) is 0 Å². The topological polar surface area (TPSA) is 74.5 Å². The summed E-state index contributed by atoms with van der Waals surface area (Å²) in [6, 6.07) is 11.3. The van der Waals surface area contributed by atoms with Crippen LogP contribution in [0.25, 0.3) is 0 Å². The van der Waals surface area contributed by atoms with Crippen molar-refractivity contribution in [3.63, 3.8) is 0 Å². The average Bonchev–Trinajstić information content (AvgIpc) is 2.55. The van der Waals surface area contributed by atoms with Crippen molar-refractivity contribution in [2.45, 2.75) is 0 Å². The quantitative estimate of drug-likeness (QED) is 0.645. The molecule has 1 amide bonds. The number of carbonyl (C=O) groups is 1. The molecule has 0 saturated carbocycles. The van der Waals surface area contributed by atoms with Crippen LogP contribution in [0.3, 0.4) is 0 Å². The Morgan fingerprint density at radius 2 is 1.95 bits per heavy atom. The highest BCUT2D eigenvalue weighted by Gasteiger charge is 2.27. The van der Waals surface area contributed by atoms with Gasteiger partial charge in [-0.05, 0) is 24.3 Å². The molecule has 6 heteroatoms. The highest BCUT2D eigenvalue weighted by atomic mass is 16.2. The van der Waals surface area contributed by atoms with Crippen molar-refractivity contribution in [2.75, 3.05) is 35.4 Å². The minimum Gasteiger partial charge on any atom is -0.371 e. The zero-order chi connectivity index (χ0) is 14.8. The maximum Gasteiger partial charge on any atom is 0.262 e. The van der Waals surface area contributed by atoms with E-state index in [1.54, 1.807) is 23.2 Å². The summed E-state index contributed by atoms with van der Waals surface area (Å²) in [7, 11) is 2.03. The standard InChI is InChI=1S/C15H17N5O/c1-19-9-10-20(13-7-3-2-6-12(13)19)15(21)11-5-4-8-17-14(11)18-16/h2-8H,9-10,16H2,1H3,(H,17,18). The van der Waals surface area contributed by atoms with E-state index >= 15 is 0 Å². The maximum absolute atomic E-state index is 12.8. The van der Waals surface area contributed by atoms with E-state index in [9.17, 15) is 4.79 Å². The molecule has 1 aromatic carbocycles. The van der Waals surface area contributed by atoms with Crippen LogP contribution >= 0.6 is 0 Å². The molecule has 3 N–H and O–H groups in total. The highest BCUT2D eigenvalue weighted by molar-refractivity contribution is 6.10. The lowest BCUT2D eigenvalue weighted by molar-refractivity contribution is 0.0987. The fourth-order valence-electron chi connectivity index (χ4n) is 2.56. The molecule has 0 spiro atoms. The molecule has 3 rings (SSSR count). The van der Waals surface area contributed by atoms with Crippen molar-refractivity contribution in [1.29, 1.82) is 0 Å². The smallest absolute Gasteiger partial charge is 0.262 e. The van der Waals surface area contributed by atoms with Gasteiger partial charge in [-0.25, -0.2) is 10.8 Å². The Morgan fingerprint density at radius 3 is 2.71 bits per heavy atom. The minimum absolute atomic E-state index is 0.100. The predicted octanol–water partition coefficient (Wildman–Crippen LogP) is 1.46. The molecule has 0 fully saturated rings. The molecule has 6 nitrogen and oxygen atoms in total. The zero-order valence-corrected chi connectivity index (χ0v) is 11.8. The second-order valence-corrected chi connectivity index (χ2v) is 4.91. The molecule has 2 aromatic rings. The van der Waals surface area contributed by atoms with Crippen molar-refractivity contribution in [2.24, 2.45) is 5.84 Å². The normalized spacial score (nSPS) is 13.8. The maximum atomic E-state index is 12.8. The van der Waals surface area contributed by atoms with E-state index in [2.05, 4.69) is 15.3 Å². The Hall–Kier alpha value is -2.60. The van der Waals surface area contributed by atoms with Crippen molar-refractivity contribution in [1.82, 2.24) is 4.98 Å². The van der Waals surface area contributed by atoms with Gasteiger partial charge in [0.1, 0.15) is 0 Å². The number of hydrogen-bond donors (Lipinski definition) is 2.